The summed E-state index contributed by atoms with van der Waals surface area (Å²) in [7, 11) is -3.94. The predicted molar refractivity (Wildman–Crippen MR) is 134 cm³/mol. The van der Waals surface area contributed by atoms with E-state index in [4.69, 9.17) is 11.6 Å². The highest BCUT2D eigenvalue weighted by Crippen LogP contribution is 2.35. The van der Waals surface area contributed by atoms with Crippen molar-refractivity contribution in [3.8, 4) is 0 Å². The molecule has 1 saturated heterocycles. The van der Waals surface area contributed by atoms with Gasteiger partial charge in [-0.2, -0.15) is 0 Å². The summed E-state index contributed by atoms with van der Waals surface area (Å²) in [5.41, 5.74) is 2.43. The monoisotopic (exact) mass is 496 g/mol. The molecule has 2 aliphatic heterocycles. The van der Waals surface area contributed by atoms with Crippen molar-refractivity contribution in [2.24, 2.45) is 0 Å². The van der Waals surface area contributed by atoms with Crippen molar-refractivity contribution in [3.63, 3.8) is 0 Å². The van der Waals surface area contributed by atoms with E-state index in [1.54, 1.807) is 18.3 Å². The predicted octanol–water partition coefficient (Wildman–Crippen LogP) is 4.73. The third-order valence-corrected chi connectivity index (χ3v) is 8.59. The van der Waals surface area contributed by atoms with E-state index in [0.29, 0.717) is 24.3 Å². The molecular formula is C25H25ClN4O3S. The first-order valence-electron chi connectivity index (χ1n) is 11.4. The molecular weight excluding hydrogens is 472 g/mol. The number of piperidine rings is 1. The van der Waals surface area contributed by atoms with Gasteiger partial charge in [-0.25, -0.2) is 13.4 Å². The second-order valence-corrected chi connectivity index (χ2v) is 10.7. The van der Waals surface area contributed by atoms with E-state index in [1.165, 1.54) is 28.9 Å². The molecule has 0 radical (unpaired) electrons. The summed E-state index contributed by atoms with van der Waals surface area (Å²) >= 11 is 6.32. The van der Waals surface area contributed by atoms with Gasteiger partial charge in [0.05, 0.1) is 16.4 Å². The third-order valence-electron chi connectivity index (χ3n) is 6.30. The van der Waals surface area contributed by atoms with Crippen LogP contribution < -0.4 is 14.5 Å². The molecule has 2 aliphatic rings. The van der Waals surface area contributed by atoms with Gasteiger partial charge in [0, 0.05) is 31.4 Å². The zero-order valence-corrected chi connectivity index (χ0v) is 20.1. The van der Waals surface area contributed by atoms with Crippen LogP contribution in [-0.4, -0.2) is 38.9 Å². The standard InChI is InChI=1S/C25H25ClN4O3S/c26-20-11-10-19(17-23(20)34(32,33)30-16-12-18-7-2-3-9-22(18)30)25(31)28-21-8-6-13-27-24(21)29-14-4-1-5-15-29/h2-3,6-11,13,17H,1,4-5,12,14-16H2,(H,28,31). The average molecular weight is 497 g/mol. The van der Waals surface area contributed by atoms with Crippen LogP contribution in [0.3, 0.4) is 0 Å². The molecule has 1 amide bonds. The fourth-order valence-electron chi connectivity index (χ4n) is 4.57. The van der Waals surface area contributed by atoms with Gasteiger partial charge >= 0.3 is 0 Å². The Bertz CT molecular complexity index is 1340. The van der Waals surface area contributed by atoms with Gasteiger partial charge in [0.2, 0.25) is 0 Å². The lowest BCUT2D eigenvalue weighted by Crippen LogP contribution is -2.31. The Morgan fingerprint density at radius 3 is 2.59 bits per heavy atom. The molecule has 34 heavy (non-hydrogen) atoms. The van der Waals surface area contributed by atoms with Crippen LogP contribution in [0.1, 0.15) is 35.2 Å². The maximum atomic E-state index is 13.5. The quantitative estimate of drug-likeness (QED) is 0.552. The van der Waals surface area contributed by atoms with Crippen molar-refractivity contribution in [1.82, 2.24) is 4.98 Å². The Kier molecular flexibility index (Phi) is 6.18. The van der Waals surface area contributed by atoms with Crippen molar-refractivity contribution in [2.75, 3.05) is 34.2 Å². The Morgan fingerprint density at radius 2 is 1.76 bits per heavy atom. The van der Waals surface area contributed by atoms with Crippen LogP contribution in [0.25, 0.3) is 0 Å². The summed E-state index contributed by atoms with van der Waals surface area (Å²) in [6.45, 7) is 2.12. The number of fused-ring (bicyclic) bond motifs is 1. The number of rotatable bonds is 5. The number of sulfonamides is 1. The normalized spacial score (nSPS) is 15.8. The maximum Gasteiger partial charge on any atom is 0.265 e. The number of halogens is 1. The van der Waals surface area contributed by atoms with E-state index >= 15 is 0 Å². The summed E-state index contributed by atoms with van der Waals surface area (Å²) in [6, 6.07) is 15.3. The van der Waals surface area contributed by atoms with Gasteiger partial charge in [-0.05, 0) is 67.6 Å². The first-order valence-corrected chi connectivity index (χ1v) is 13.2. The van der Waals surface area contributed by atoms with Gasteiger partial charge in [0.1, 0.15) is 4.90 Å². The number of pyridine rings is 1. The summed E-state index contributed by atoms with van der Waals surface area (Å²) in [6.07, 6.45) is 5.70. The van der Waals surface area contributed by atoms with Gasteiger partial charge in [-0.15, -0.1) is 0 Å². The first-order chi connectivity index (χ1) is 16.4. The number of para-hydroxylation sites is 1. The van der Waals surface area contributed by atoms with Crippen LogP contribution in [0.5, 0.6) is 0 Å². The first kappa shape index (κ1) is 22.7. The molecule has 9 heteroatoms. The molecule has 0 aliphatic carbocycles. The highest BCUT2D eigenvalue weighted by atomic mass is 35.5. The largest absolute Gasteiger partial charge is 0.355 e. The Morgan fingerprint density at radius 1 is 0.971 bits per heavy atom. The molecule has 0 saturated carbocycles. The number of carbonyl (C=O) groups excluding carboxylic acids is 1. The van der Waals surface area contributed by atoms with Crippen molar-refractivity contribution >= 4 is 44.7 Å². The second kappa shape index (κ2) is 9.27. The fourth-order valence-corrected chi connectivity index (χ4v) is 6.57. The molecule has 3 aromatic rings. The van der Waals surface area contributed by atoms with E-state index in [9.17, 15) is 13.2 Å². The molecule has 2 aromatic carbocycles. The van der Waals surface area contributed by atoms with Crippen LogP contribution in [0.2, 0.25) is 5.02 Å². The zero-order valence-electron chi connectivity index (χ0n) is 18.6. The molecule has 5 rings (SSSR count). The van der Waals surface area contributed by atoms with E-state index in [-0.39, 0.29) is 15.5 Å². The number of amides is 1. The molecule has 1 N–H and O–H groups in total. The highest BCUT2D eigenvalue weighted by molar-refractivity contribution is 7.93. The van der Waals surface area contributed by atoms with E-state index in [1.807, 2.05) is 24.3 Å². The number of carbonyl (C=O) groups is 1. The van der Waals surface area contributed by atoms with E-state index in [0.717, 1.165) is 37.3 Å². The molecule has 3 heterocycles. The van der Waals surface area contributed by atoms with Crippen LogP contribution >= 0.6 is 11.6 Å². The molecule has 1 aromatic heterocycles. The fraction of sp³-hybridized carbons (Fsp3) is 0.280. The van der Waals surface area contributed by atoms with Gasteiger partial charge in [0.15, 0.2) is 5.82 Å². The number of nitrogens with one attached hydrogen (secondary N) is 1. The number of anilines is 3. The minimum absolute atomic E-state index is 0.0799. The summed E-state index contributed by atoms with van der Waals surface area (Å²) in [5.74, 6) is 0.312. The molecule has 1 fully saturated rings. The Labute approximate surface area is 204 Å². The number of hydrogen-bond donors (Lipinski definition) is 1. The van der Waals surface area contributed by atoms with Crippen molar-refractivity contribution < 1.29 is 13.2 Å². The van der Waals surface area contributed by atoms with Crippen molar-refractivity contribution in [3.05, 3.63) is 76.9 Å². The average Bonchev–Trinajstić information content (AvgIpc) is 3.30. The topological polar surface area (TPSA) is 82.6 Å². The SMILES string of the molecule is O=C(Nc1cccnc1N1CCCCC1)c1ccc(Cl)c(S(=O)(=O)N2CCc3ccccc32)c1. The zero-order chi connectivity index (χ0) is 23.7. The number of benzene rings is 2. The van der Waals surface area contributed by atoms with Crippen LogP contribution in [0.4, 0.5) is 17.2 Å². The van der Waals surface area contributed by atoms with E-state index < -0.39 is 15.9 Å². The molecule has 0 spiro atoms. The van der Waals surface area contributed by atoms with Crippen LogP contribution in [-0.2, 0) is 16.4 Å². The van der Waals surface area contributed by atoms with Crippen LogP contribution in [0, 0.1) is 0 Å². The van der Waals surface area contributed by atoms with Gasteiger partial charge in [-0.3, -0.25) is 9.10 Å². The van der Waals surface area contributed by atoms with Crippen molar-refractivity contribution in [1.29, 1.82) is 0 Å². The lowest BCUT2D eigenvalue weighted by Gasteiger charge is -2.29. The Balaban J connectivity index is 1.43. The lowest BCUT2D eigenvalue weighted by molar-refractivity contribution is 0.102. The Hall–Kier alpha value is -3.10. The summed E-state index contributed by atoms with van der Waals surface area (Å²) in [4.78, 5) is 19.7. The minimum Gasteiger partial charge on any atom is -0.355 e. The maximum absolute atomic E-state index is 13.5. The lowest BCUT2D eigenvalue weighted by atomic mass is 10.1. The van der Waals surface area contributed by atoms with Gasteiger partial charge in [-0.1, -0.05) is 29.8 Å². The number of aromatic nitrogens is 1. The third kappa shape index (κ3) is 4.23. The molecule has 0 unspecified atom stereocenters. The van der Waals surface area contributed by atoms with Gasteiger partial charge in [0.25, 0.3) is 15.9 Å². The molecule has 0 atom stereocenters. The number of hydrogen-bond acceptors (Lipinski definition) is 5. The molecule has 7 nitrogen and oxygen atoms in total. The smallest absolute Gasteiger partial charge is 0.265 e. The summed E-state index contributed by atoms with van der Waals surface area (Å²) in [5, 5.41) is 2.99. The molecule has 176 valence electrons. The van der Waals surface area contributed by atoms with Gasteiger partial charge < -0.3 is 10.2 Å². The summed E-state index contributed by atoms with van der Waals surface area (Å²) < 4.78 is 28.4. The second-order valence-electron chi connectivity index (χ2n) is 8.48. The molecule has 0 bridgehead atoms. The number of nitrogens with zero attached hydrogens (tertiary/aromatic N) is 3. The van der Waals surface area contributed by atoms with E-state index in [2.05, 4.69) is 15.2 Å². The minimum atomic E-state index is -3.94. The van der Waals surface area contributed by atoms with Crippen LogP contribution in [0.15, 0.2) is 65.7 Å². The highest BCUT2D eigenvalue weighted by Gasteiger charge is 2.32. The van der Waals surface area contributed by atoms with Crippen molar-refractivity contribution in [2.45, 2.75) is 30.6 Å².